The second-order valence-corrected chi connectivity index (χ2v) is 7.25. The summed E-state index contributed by atoms with van der Waals surface area (Å²) in [5.74, 6) is -0.219. The largest absolute Gasteiger partial charge is 0.456 e. The second-order valence-electron chi connectivity index (χ2n) is 7.25. The van der Waals surface area contributed by atoms with Crippen LogP contribution in [-0.2, 0) is 0 Å². The zero-order valence-corrected chi connectivity index (χ0v) is 16.3. The molecule has 0 aliphatic carbocycles. The quantitative estimate of drug-likeness (QED) is 0.318. The summed E-state index contributed by atoms with van der Waals surface area (Å²) in [6, 6.07) is 26.6. The van der Waals surface area contributed by atoms with E-state index in [1.807, 2.05) is 30.3 Å². The molecule has 1 heterocycles. The summed E-state index contributed by atoms with van der Waals surface area (Å²) in [6.45, 7) is 0. The van der Waals surface area contributed by atoms with Crippen molar-refractivity contribution in [1.29, 1.82) is 0 Å². The van der Waals surface area contributed by atoms with Crippen molar-refractivity contribution >= 4 is 11.0 Å². The van der Waals surface area contributed by atoms with Gasteiger partial charge in [0.15, 0.2) is 5.43 Å². The van der Waals surface area contributed by atoms with Gasteiger partial charge in [0.05, 0.1) is 5.39 Å². The Morgan fingerprint density at radius 2 is 1.13 bits per heavy atom. The molecule has 0 atom stereocenters. The Hall–Kier alpha value is -4.05. The average molecular weight is 410 g/mol. The molecule has 0 bridgehead atoms. The van der Waals surface area contributed by atoms with Gasteiger partial charge in [0.1, 0.15) is 23.0 Å². The summed E-state index contributed by atoms with van der Waals surface area (Å²) in [5.41, 5.74) is 4.05. The Kier molecular flexibility index (Phi) is 4.68. The molecule has 5 aromatic rings. The lowest BCUT2D eigenvalue weighted by molar-refractivity contribution is 0.619. The van der Waals surface area contributed by atoms with Crippen molar-refractivity contribution in [3.63, 3.8) is 0 Å². The minimum absolute atomic E-state index is 0.172. The van der Waals surface area contributed by atoms with Crippen molar-refractivity contribution in [3.8, 4) is 33.6 Å². The van der Waals surface area contributed by atoms with E-state index in [0.29, 0.717) is 16.7 Å². The molecule has 0 aliphatic heterocycles. The minimum Gasteiger partial charge on any atom is -0.456 e. The van der Waals surface area contributed by atoms with Gasteiger partial charge in [-0.2, -0.15) is 0 Å². The molecule has 0 amide bonds. The first-order valence-electron chi connectivity index (χ1n) is 9.78. The summed E-state index contributed by atoms with van der Waals surface area (Å²) in [7, 11) is 0. The fourth-order valence-electron chi connectivity index (χ4n) is 3.68. The highest BCUT2D eigenvalue weighted by molar-refractivity contribution is 5.94. The highest BCUT2D eigenvalue weighted by Gasteiger charge is 2.14. The zero-order valence-electron chi connectivity index (χ0n) is 16.3. The number of benzene rings is 4. The van der Waals surface area contributed by atoms with Gasteiger partial charge in [-0.1, -0.05) is 54.6 Å². The van der Waals surface area contributed by atoms with E-state index in [-0.39, 0.29) is 17.1 Å². The van der Waals surface area contributed by atoms with Crippen LogP contribution < -0.4 is 5.43 Å². The molecule has 0 saturated carbocycles. The summed E-state index contributed by atoms with van der Waals surface area (Å²) < 4.78 is 33.1. The van der Waals surface area contributed by atoms with Crippen molar-refractivity contribution in [1.82, 2.24) is 0 Å². The second kappa shape index (κ2) is 7.65. The van der Waals surface area contributed by atoms with Gasteiger partial charge in [-0.25, -0.2) is 8.78 Å². The summed E-state index contributed by atoms with van der Waals surface area (Å²) in [6.07, 6.45) is 0. The topological polar surface area (TPSA) is 30.2 Å². The van der Waals surface area contributed by atoms with Crippen LogP contribution in [0.25, 0.3) is 44.5 Å². The molecule has 0 spiro atoms. The lowest BCUT2D eigenvalue weighted by Gasteiger charge is -2.13. The van der Waals surface area contributed by atoms with Gasteiger partial charge in [0.25, 0.3) is 0 Å². The lowest BCUT2D eigenvalue weighted by atomic mass is 9.93. The highest BCUT2D eigenvalue weighted by atomic mass is 19.1. The van der Waals surface area contributed by atoms with Crippen LogP contribution >= 0.6 is 0 Å². The zero-order chi connectivity index (χ0) is 21.4. The predicted octanol–water partition coefficient (Wildman–Crippen LogP) is 7.07. The Morgan fingerprint density at radius 3 is 1.71 bits per heavy atom. The van der Waals surface area contributed by atoms with Crippen LogP contribution in [0.5, 0.6) is 0 Å². The van der Waals surface area contributed by atoms with Gasteiger partial charge in [-0.15, -0.1) is 0 Å². The third kappa shape index (κ3) is 3.64. The number of hydrogen-bond acceptors (Lipinski definition) is 2. The van der Waals surface area contributed by atoms with E-state index in [1.54, 1.807) is 36.4 Å². The van der Waals surface area contributed by atoms with Crippen molar-refractivity contribution < 1.29 is 13.2 Å². The molecule has 0 aliphatic rings. The Bertz CT molecular complexity index is 1440. The Balaban J connectivity index is 1.79. The van der Waals surface area contributed by atoms with E-state index in [9.17, 15) is 13.6 Å². The first-order valence-corrected chi connectivity index (χ1v) is 9.78. The molecule has 31 heavy (non-hydrogen) atoms. The third-order valence-corrected chi connectivity index (χ3v) is 5.24. The van der Waals surface area contributed by atoms with Crippen molar-refractivity contribution in [3.05, 3.63) is 119 Å². The monoisotopic (exact) mass is 410 g/mol. The van der Waals surface area contributed by atoms with Gasteiger partial charge in [-0.05, 0) is 58.7 Å². The summed E-state index contributed by atoms with van der Waals surface area (Å²) in [5, 5.41) is 0.421. The molecular weight excluding hydrogens is 394 g/mol. The van der Waals surface area contributed by atoms with E-state index in [2.05, 4.69) is 0 Å². The molecule has 0 unspecified atom stereocenters. The molecule has 0 N–H and O–H groups in total. The van der Waals surface area contributed by atoms with E-state index in [0.717, 1.165) is 27.8 Å². The molecule has 1 aromatic heterocycles. The first-order chi connectivity index (χ1) is 15.1. The Morgan fingerprint density at radius 1 is 0.581 bits per heavy atom. The minimum atomic E-state index is -0.347. The van der Waals surface area contributed by atoms with E-state index in [4.69, 9.17) is 4.42 Å². The van der Waals surface area contributed by atoms with E-state index >= 15 is 0 Å². The standard InChI is InChI=1S/C27H16F2O2/c28-20-10-6-17(7-11-20)22-14-24-25(30)16-26(19-4-2-1-3-5-19)31-27(24)15-23(22)18-8-12-21(29)13-9-18/h1-16H. The van der Waals surface area contributed by atoms with Crippen LogP contribution in [0.1, 0.15) is 0 Å². The van der Waals surface area contributed by atoms with E-state index < -0.39 is 0 Å². The van der Waals surface area contributed by atoms with Crippen molar-refractivity contribution in [2.24, 2.45) is 0 Å². The van der Waals surface area contributed by atoms with Gasteiger partial charge < -0.3 is 4.42 Å². The maximum atomic E-state index is 13.5. The molecule has 0 saturated heterocycles. The Labute approximate surface area is 177 Å². The first kappa shape index (κ1) is 18.9. The van der Waals surface area contributed by atoms with Gasteiger partial charge in [0, 0.05) is 11.6 Å². The number of rotatable bonds is 3. The van der Waals surface area contributed by atoms with Crippen LogP contribution in [0, 0.1) is 11.6 Å². The lowest BCUT2D eigenvalue weighted by Crippen LogP contribution is -2.01. The fourth-order valence-corrected chi connectivity index (χ4v) is 3.68. The van der Waals surface area contributed by atoms with E-state index in [1.165, 1.54) is 30.3 Å². The van der Waals surface area contributed by atoms with Crippen molar-refractivity contribution in [2.75, 3.05) is 0 Å². The summed E-state index contributed by atoms with van der Waals surface area (Å²) >= 11 is 0. The van der Waals surface area contributed by atoms with Crippen LogP contribution in [0.4, 0.5) is 8.78 Å². The van der Waals surface area contributed by atoms with Gasteiger partial charge in [0.2, 0.25) is 0 Å². The molecule has 4 aromatic carbocycles. The van der Waals surface area contributed by atoms with Crippen LogP contribution in [0.15, 0.2) is 106 Å². The highest BCUT2D eigenvalue weighted by Crippen LogP contribution is 2.36. The summed E-state index contributed by atoms with van der Waals surface area (Å²) in [4.78, 5) is 12.9. The molecule has 150 valence electrons. The molecule has 0 fully saturated rings. The molecule has 2 nitrogen and oxygen atoms in total. The van der Waals surface area contributed by atoms with Crippen LogP contribution in [-0.4, -0.2) is 0 Å². The van der Waals surface area contributed by atoms with Crippen molar-refractivity contribution in [2.45, 2.75) is 0 Å². The number of hydrogen-bond donors (Lipinski definition) is 0. The third-order valence-electron chi connectivity index (χ3n) is 5.24. The number of halogens is 2. The van der Waals surface area contributed by atoms with Crippen LogP contribution in [0.3, 0.4) is 0 Å². The maximum Gasteiger partial charge on any atom is 0.193 e. The number of fused-ring (bicyclic) bond motifs is 1. The molecular formula is C27H16F2O2. The molecule has 4 heteroatoms. The average Bonchev–Trinajstić information content (AvgIpc) is 2.80. The smallest absolute Gasteiger partial charge is 0.193 e. The van der Waals surface area contributed by atoms with Gasteiger partial charge >= 0.3 is 0 Å². The SMILES string of the molecule is O=c1cc(-c2ccccc2)oc2cc(-c3ccc(F)cc3)c(-c3ccc(F)cc3)cc12. The van der Waals surface area contributed by atoms with Gasteiger partial charge in [-0.3, -0.25) is 4.79 Å². The van der Waals surface area contributed by atoms with Crippen LogP contribution in [0.2, 0.25) is 0 Å². The normalized spacial score (nSPS) is 11.0. The fraction of sp³-hybridized carbons (Fsp3) is 0. The molecule has 5 rings (SSSR count). The maximum absolute atomic E-state index is 13.5. The predicted molar refractivity (Wildman–Crippen MR) is 119 cm³/mol. The molecule has 0 radical (unpaired) electrons.